The number of ether oxygens (including phenoxy) is 3. The Morgan fingerprint density at radius 1 is 0.303 bits per heavy atom. The van der Waals surface area contributed by atoms with E-state index < -0.39 is 6.10 Å². The summed E-state index contributed by atoms with van der Waals surface area (Å²) in [4.78, 5) is 38.1. The molecule has 0 saturated heterocycles. The topological polar surface area (TPSA) is 78.9 Å². The van der Waals surface area contributed by atoms with E-state index in [2.05, 4.69) is 69.4 Å². The first-order valence-electron chi connectivity index (χ1n) is 28.6. The Balaban J connectivity index is 4.38. The summed E-state index contributed by atoms with van der Waals surface area (Å²) in [7, 11) is 0. The Morgan fingerprint density at radius 3 is 0.864 bits per heavy atom. The van der Waals surface area contributed by atoms with Crippen LogP contribution >= 0.6 is 0 Å². The lowest BCUT2D eigenvalue weighted by molar-refractivity contribution is -0.167. The van der Waals surface area contributed by atoms with Gasteiger partial charge in [0.25, 0.3) is 0 Å². The van der Waals surface area contributed by atoms with Crippen molar-refractivity contribution in [2.24, 2.45) is 0 Å². The summed E-state index contributed by atoms with van der Waals surface area (Å²) in [5.41, 5.74) is 0. The van der Waals surface area contributed by atoms with E-state index in [1.165, 1.54) is 173 Å². The van der Waals surface area contributed by atoms with Gasteiger partial charge in [-0.1, -0.05) is 243 Å². The third-order valence-electron chi connectivity index (χ3n) is 12.6. The highest BCUT2D eigenvalue weighted by Gasteiger charge is 2.19. The molecule has 0 saturated carbocycles. The van der Waals surface area contributed by atoms with E-state index in [1.807, 2.05) is 0 Å². The SMILES string of the molecule is CCCCC/C=C/C/C=C/CCCCCCCCCC(=O)OC[C@@H](COC(=O)CCCCCCCCCCCCCCCC)OC(=O)CCCCCCCCC/C=C/C/C=C/CCCCC. The molecule has 0 radical (unpaired) electrons. The quantitative estimate of drug-likeness (QED) is 0.0262. The molecular weight excluding hydrogens is 817 g/mol. The fourth-order valence-electron chi connectivity index (χ4n) is 8.21. The van der Waals surface area contributed by atoms with Crippen LogP contribution in [0.2, 0.25) is 0 Å². The first-order valence-corrected chi connectivity index (χ1v) is 28.6. The van der Waals surface area contributed by atoms with Crippen molar-refractivity contribution < 1.29 is 28.6 Å². The van der Waals surface area contributed by atoms with Crippen molar-refractivity contribution in [1.29, 1.82) is 0 Å². The van der Waals surface area contributed by atoms with Crippen molar-refractivity contribution in [3.8, 4) is 0 Å². The van der Waals surface area contributed by atoms with Crippen LogP contribution in [0.5, 0.6) is 0 Å². The molecule has 0 spiro atoms. The van der Waals surface area contributed by atoms with Crippen LogP contribution in [0.3, 0.4) is 0 Å². The molecule has 0 aliphatic heterocycles. The van der Waals surface area contributed by atoms with E-state index in [0.29, 0.717) is 19.3 Å². The van der Waals surface area contributed by atoms with Crippen LogP contribution in [0, 0.1) is 0 Å². The van der Waals surface area contributed by atoms with Crippen LogP contribution in [0.1, 0.15) is 297 Å². The Morgan fingerprint density at radius 2 is 0.545 bits per heavy atom. The second-order valence-electron chi connectivity index (χ2n) is 19.2. The van der Waals surface area contributed by atoms with E-state index in [9.17, 15) is 14.4 Å². The molecule has 0 heterocycles. The fourth-order valence-corrected chi connectivity index (χ4v) is 8.21. The maximum absolute atomic E-state index is 12.8. The van der Waals surface area contributed by atoms with Gasteiger partial charge in [0, 0.05) is 19.3 Å². The predicted molar refractivity (Wildman–Crippen MR) is 284 cm³/mol. The summed E-state index contributed by atoms with van der Waals surface area (Å²) in [6, 6.07) is 0. The second-order valence-corrected chi connectivity index (χ2v) is 19.2. The Bertz CT molecular complexity index is 1150. The van der Waals surface area contributed by atoms with Gasteiger partial charge in [0.1, 0.15) is 13.2 Å². The lowest BCUT2D eigenvalue weighted by Gasteiger charge is -2.18. The maximum Gasteiger partial charge on any atom is 0.306 e. The standard InChI is InChI=1S/C60H108O6/c1-4-7-10-13-16-19-22-25-28-30-32-35-38-41-44-47-50-53-59(62)65-56-57(55-64-58(61)52-49-46-43-40-37-34-27-24-21-18-15-12-9-6-3)66-60(63)54-51-48-45-42-39-36-33-31-29-26-23-20-17-14-11-8-5-2/h16-17,19-20,25-26,28-29,57H,4-15,18,21-24,27,30-56H2,1-3H3/b19-16+,20-17+,28-25+,29-26+/t57-/m1/s1. The van der Waals surface area contributed by atoms with Gasteiger partial charge < -0.3 is 14.2 Å². The molecule has 0 aromatic carbocycles. The first-order chi connectivity index (χ1) is 32.5. The lowest BCUT2D eigenvalue weighted by atomic mass is 10.0. The average molecular weight is 926 g/mol. The summed E-state index contributed by atoms with van der Waals surface area (Å²) in [6.07, 6.45) is 66.6. The summed E-state index contributed by atoms with van der Waals surface area (Å²) in [6.45, 7) is 6.61. The maximum atomic E-state index is 12.8. The van der Waals surface area contributed by atoms with Gasteiger partial charge in [-0.05, 0) is 83.5 Å². The van der Waals surface area contributed by atoms with Crippen LogP contribution in [-0.4, -0.2) is 37.2 Å². The van der Waals surface area contributed by atoms with E-state index in [0.717, 1.165) is 83.5 Å². The third-order valence-corrected chi connectivity index (χ3v) is 12.6. The van der Waals surface area contributed by atoms with Gasteiger partial charge in [-0.25, -0.2) is 0 Å². The van der Waals surface area contributed by atoms with Crippen LogP contribution in [0.4, 0.5) is 0 Å². The zero-order valence-corrected chi connectivity index (χ0v) is 44.0. The lowest BCUT2D eigenvalue weighted by Crippen LogP contribution is -2.30. The monoisotopic (exact) mass is 925 g/mol. The highest BCUT2D eigenvalue weighted by atomic mass is 16.6. The molecule has 1 atom stereocenters. The predicted octanol–water partition coefficient (Wildman–Crippen LogP) is 19.0. The van der Waals surface area contributed by atoms with E-state index >= 15 is 0 Å². The largest absolute Gasteiger partial charge is 0.462 e. The zero-order chi connectivity index (χ0) is 47.9. The molecule has 0 N–H and O–H groups in total. The average Bonchev–Trinajstić information content (AvgIpc) is 3.31. The minimum atomic E-state index is -0.778. The number of carbonyl (C=O) groups is 3. The molecule has 6 heteroatoms. The smallest absolute Gasteiger partial charge is 0.306 e. The van der Waals surface area contributed by atoms with Crippen molar-refractivity contribution in [3.05, 3.63) is 48.6 Å². The number of rotatable bonds is 52. The van der Waals surface area contributed by atoms with E-state index in [-0.39, 0.29) is 31.1 Å². The fraction of sp³-hybridized carbons (Fsp3) is 0.817. The molecule has 0 amide bonds. The normalized spacial score (nSPS) is 12.3. The summed E-state index contributed by atoms with van der Waals surface area (Å²) in [5.74, 6) is -0.878. The van der Waals surface area contributed by atoms with Crippen molar-refractivity contribution in [3.63, 3.8) is 0 Å². The van der Waals surface area contributed by atoms with Crippen molar-refractivity contribution in [2.75, 3.05) is 13.2 Å². The molecule has 0 aliphatic carbocycles. The Labute approximate surface area is 409 Å². The van der Waals surface area contributed by atoms with Crippen LogP contribution < -0.4 is 0 Å². The van der Waals surface area contributed by atoms with Gasteiger partial charge >= 0.3 is 17.9 Å². The number of hydrogen-bond donors (Lipinski definition) is 0. The number of esters is 3. The molecule has 0 fully saturated rings. The molecule has 66 heavy (non-hydrogen) atoms. The van der Waals surface area contributed by atoms with Gasteiger partial charge in [0.05, 0.1) is 0 Å². The molecule has 0 aromatic rings. The number of allylic oxidation sites excluding steroid dienone is 8. The molecule has 0 aromatic heterocycles. The van der Waals surface area contributed by atoms with Crippen molar-refractivity contribution in [2.45, 2.75) is 303 Å². The Kier molecular flexibility index (Phi) is 52.8. The van der Waals surface area contributed by atoms with E-state index in [1.54, 1.807) is 0 Å². The van der Waals surface area contributed by atoms with Crippen LogP contribution in [0.15, 0.2) is 48.6 Å². The molecule has 384 valence electrons. The Hall–Kier alpha value is -2.63. The van der Waals surface area contributed by atoms with Gasteiger partial charge in [-0.2, -0.15) is 0 Å². The molecule has 6 nitrogen and oxygen atoms in total. The minimum absolute atomic E-state index is 0.0760. The van der Waals surface area contributed by atoms with Crippen molar-refractivity contribution >= 4 is 17.9 Å². The van der Waals surface area contributed by atoms with Gasteiger partial charge in [-0.3, -0.25) is 14.4 Å². The van der Waals surface area contributed by atoms with Gasteiger partial charge in [-0.15, -0.1) is 0 Å². The molecule has 0 bridgehead atoms. The summed E-state index contributed by atoms with van der Waals surface area (Å²) in [5, 5.41) is 0. The summed E-state index contributed by atoms with van der Waals surface area (Å²) < 4.78 is 16.9. The number of hydrogen-bond acceptors (Lipinski definition) is 6. The number of unbranched alkanes of at least 4 members (excludes halogenated alkanes) is 33. The summed E-state index contributed by atoms with van der Waals surface area (Å²) >= 11 is 0. The van der Waals surface area contributed by atoms with Crippen molar-refractivity contribution in [1.82, 2.24) is 0 Å². The van der Waals surface area contributed by atoms with Gasteiger partial charge in [0.2, 0.25) is 0 Å². The van der Waals surface area contributed by atoms with Gasteiger partial charge in [0.15, 0.2) is 6.10 Å². The second kappa shape index (κ2) is 55.0. The molecular formula is C60H108O6. The minimum Gasteiger partial charge on any atom is -0.462 e. The highest BCUT2D eigenvalue weighted by Crippen LogP contribution is 2.16. The van der Waals surface area contributed by atoms with E-state index in [4.69, 9.17) is 14.2 Å². The van der Waals surface area contributed by atoms with Crippen LogP contribution in [-0.2, 0) is 28.6 Å². The first kappa shape index (κ1) is 63.4. The highest BCUT2D eigenvalue weighted by molar-refractivity contribution is 5.71. The zero-order valence-electron chi connectivity index (χ0n) is 44.0. The number of carbonyl (C=O) groups excluding carboxylic acids is 3. The molecule has 0 unspecified atom stereocenters. The van der Waals surface area contributed by atoms with Crippen LogP contribution in [0.25, 0.3) is 0 Å². The molecule has 0 aliphatic rings. The third kappa shape index (κ3) is 52.3. The molecule has 0 rings (SSSR count).